The molecular formula is C17H24N2O2. The first-order chi connectivity index (χ1) is 10.3. The number of carbonyl (C=O) groups is 1. The van der Waals surface area contributed by atoms with Crippen LogP contribution in [0.2, 0.25) is 0 Å². The number of rotatable bonds is 2. The highest BCUT2D eigenvalue weighted by molar-refractivity contribution is 5.99. The molecule has 3 rings (SSSR count). The largest absolute Gasteiger partial charge is 0.491 e. The number of nitrogens with one attached hydrogen (secondary N) is 1. The lowest BCUT2D eigenvalue weighted by Crippen LogP contribution is -2.49. The van der Waals surface area contributed by atoms with Crippen LogP contribution < -0.4 is 15.0 Å². The van der Waals surface area contributed by atoms with Crippen LogP contribution >= 0.6 is 0 Å². The number of anilines is 1. The average molecular weight is 288 g/mol. The Kier molecular flexibility index (Phi) is 4.15. The zero-order chi connectivity index (χ0) is 14.7. The molecule has 4 heteroatoms. The Morgan fingerprint density at radius 1 is 1.33 bits per heavy atom. The maximum absolute atomic E-state index is 13.3. The Labute approximate surface area is 126 Å². The number of piperidine rings is 1. The van der Waals surface area contributed by atoms with Gasteiger partial charge in [-0.15, -0.1) is 0 Å². The summed E-state index contributed by atoms with van der Waals surface area (Å²) >= 11 is 0. The Morgan fingerprint density at radius 3 is 2.86 bits per heavy atom. The van der Waals surface area contributed by atoms with Crippen molar-refractivity contribution in [3.8, 4) is 5.75 Å². The van der Waals surface area contributed by atoms with Crippen molar-refractivity contribution in [3.63, 3.8) is 0 Å². The SMILES string of the molecule is CCC1(C(=O)N2CCCOc3ccccc32)CCNCC1. The van der Waals surface area contributed by atoms with E-state index in [1.165, 1.54) is 0 Å². The first kappa shape index (κ1) is 14.4. The third-order valence-corrected chi connectivity index (χ3v) is 4.88. The summed E-state index contributed by atoms with van der Waals surface area (Å²) in [7, 11) is 0. The molecule has 1 aromatic carbocycles. The lowest BCUT2D eigenvalue weighted by Gasteiger charge is -2.39. The number of para-hydroxylation sites is 2. The van der Waals surface area contributed by atoms with Crippen molar-refractivity contribution in [3.05, 3.63) is 24.3 Å². The average Bonchev–Trinajstić information content (AvgIpc) is 2.77. The molecule has 1 aromatic rings. The standard InChI is InChI=1S/C17H24N2O2/c1-2-17(8-10-18-11-9-17)16(20)19-12-5-13-21-15-7-4-3-6-14(15)19/h3-4,6-7,18H,2,5,8-13H2,1H3. The first-order valence-electron chi connectivity index (χ1n) is 8.01. The van der Waals surface area contributed by atoms with E-state index in [1.54, 1.807) is 0 Å². The van der Waals surface area contributed by atoms with Gasteiger partial charge in [0.25, 0.3) is 0 Å². The Hall–Kier alpha value is -1.55. The Bertz CT molecular complexity index is 509. The number of benzene rings is 1. The summed E-state index contributed by atoms with van der Waals surface area (Å²) in [6.45, 7) is 5.45. The lowest BCUT2D eigenvalue weighted by atomic mass is 9.75. The smallest absolute Gasteiger partial charge is 0.233 e. The van der Waals surface area contributed by atoms with Gasteiger partial charge < -0.3 is 15.0 Å². The van der Waals surface area contributed by atoms with Crippen molar-refractivity contribution in [1.82, 2.24) is 5.32 Å². The molecule has 21 heavy (non-hydrogen) atoms. The van der Waals surface area contributed by atoms with Gasteiger partial charge in [0.15, 0.2) is 0 Å². The van der Waals surface area contributed by atoms with Gasteiger partial charge in [-0.1, -0.05) is 19.1 Å². The summed E-state index contributed by atoms with van der Waals surface area (Å²) in [5, 5.41) is 3.37. The fourth-order valence-electron chi connectivity index (χ4n) is 3.45. The third-order valence-electron chi connectivity index (χ3n) is 4.88. The van der Waals surface area contributed by atoms with Gasteiger partial charge in [0.05, 0.1) is 17.7 Å². The normalized spacial score (nSPS) is 21.1. The molecule has 114 valence electrons. The van der Waals surface area contributed by atoms with E-state index in [4.69, 9.17) is 4.74 Å². The van der Waals surface area contributed by atoms with Crippen LogP contribution in [0.3, 0.4) is 0 Å². The molecule has 1 saturated heterocycles. The molecule has 0 aliphatic carbocycles. The molecule has 4 nitrogen and oxygen atoms in total. The maximum Gasteiger partial charge on any atom is 0.233 e. The summed E-state index contributed by atoms with van der Waals surface area (Å²) in [5.41, 5.74) is 0.731. The highest BCUT2D eigenvalue weighted by Gasteiger charge is 2.41. The summed E-state index contributed by atoms with van der Waals surface area (Å²) < 4.78 is 5.78. The number of fused-ring (bicyclic) bond motifs is 1. The Balaban J connectivity index is 1.93. The third kappa shape index (κ3) is 2.64. The zero-order valence-corrected chi connectivity index (χ0v) is 12.7. The predicted molar refractivity (Wildman–Crippen MR) is 83.7 cm³/mol. The van der Waals surface area contributed by atoms with Crippen LogP contribution in [-0.2, 0) is 4.79 Å². The molecule has 2 aliphatic rings. The van der Waals surface area contributed by atoms with Gasteiger partial charge in [0.2, 0.25) is 5.91 Å². The molecule has 1 fully saturated rings. The van der Waals surface area contributed by atoms with Gasteiger partial charge >= 0.3 is 0 Å². The van der Waals surface area contributed by atoms with Gasteiger partial charge in [-0.05, 0) is 50.9 Å². The van der Waals surface area contributed by atoms with E-state index in [1.807, 2.05) is 29.2 Å². The first-order valence-corrected chi connectivity index (χ1v) is 8.01. The molecule has 1 amide bonds. The van der Waals surface area contributed by atoms with Gasteiger partial charge in [-0.3, -0.25) is 4.79 Å². The van der Waals surface area contributed by atoms with E-state index in [2.05, 4.69) is 12.2 Å². The van der Waals surface area contributed by atoms with Crippen LogP contribution in [0.25, 0.3) is 0 Å². The molecule has 0 aromatic heterocycles. The van der Waals surface area contributed by atoms with Gasteiger partial charge in [-0.2, -0.15) is 0 Å². The van der Waals surface area contributed by atoms with Crippen LogP contribution in [0.5, 0.6) is 5.75 Å². The minimum absolute atomic E-state index is 0.206. The molecule has 0 spiro atoms. The second-order valence-corrected chi connectivity index (χ2v) is 6.01. The molecule has 2 aliphatic heterocycles. The molecule has 0 radical (unpaired) electrons. The number of amides is 1. The summed E-state index contributed by atoms with van der Waals surface area (Å²) in [4.78, 5) is 15.2. The van der Waals surface area contributed by atoms with Gasteiger partial charge in [-0.25, -0.2) is 0 Å². The molecule has 0 bridgehead atoms. The fraction of sp³-hybridized carbons (Fsp3) is 0.588. The molecule has 1 N–H and O–H groups in total. The van der Waals surface area contributed by atoms with Gasteiger partial charge in [0, 0.05) is 6.54 Å². The van der Waals surface area contributed by atoms with Crippen LogP contribution in [0.4, 0.5) is 5.69 Å². The second kappa shape index (κ2) is 6.06. The summed E-state index contributed by atoms with van der Waals surface area (Å²) in [6.07, 6.45) is 3.66. The number of ether oxygens (including phenoxy) is 1. The number of carbonyl (C=O) groups excluding carboxylic acids is 1. The topological polar surface area (TPSA) is 41.6 Å². The van der Waals surface area contributed by atoms with E-state index in [0.29, 0.717) is 6.61 Å². The monoisotopic (exact) mass is 288 g/mol. The number of nitrogens with zero attached hydrogens (tertiary/aromatic N) is 1. The van der Waals surface area contributed by atoms with Crippen molar-refractivity contribution in [2.45, 2.75) is 32.6 Å². The minimum atomic E-state index is -0.206. The predicted octanol–water partition coefficient (Wildman–Crippen LogP) is 2.58. The van der Waals surface area contributed by atoms with Crippen LogP contribution in [0.15, 0.2) is 24.3 Å². The number of hydrogen-bond donors (Lipinski definition) is 1. The van der Waals surface area contributed by atoms with E-state index < -0.39 is 0 Å². The molecule has 2 heterocycles. The maximum atomic E-state index is 13.3. The van der Waals surface area contributed by atoms with E-state index in [0.717, 1.165) is 56.8 Å². The minimum Gasteiger partial charge on any atom is -0.491 e. The fourth-order valence-corrected chi connectivity index (χ4v) is 3.45. The lowest BCUT2D eigenvalue weighted by molar-refractivity contribution is -0.130. The quantitative estimate of drug-likeness (QED) is 0.909. The van der Waals surface area contributed by atoms with Crippen LogP contribution in [0, 0.1) is 5.41 Å². The highest BCUT2D eigenvalue weighted by atomic mass is 16.5. The van der Waals surface area contributed by atoms with Crippen molar-refractivity contribution in [2.75, 3.05) is 31.1 Å². The summed E-state index contributed by atoms with van der Waals surface area (Å²) in [5.74, 6) is 1.12. The van der Waals surface area contributed by atoms with Crippen LogP contribution in [-0.4, -0.2) is 32.1 Å². The van der Waals surface area contributed by atoms with E-state index in [-0.39, 0.29) is 11.3 Å². The second-order valence-electron chi connectivity index (χ2n) is 6.01. The zero-order valence-electron chi connectivity index (χ0n) is 12.7. The van der Waals surface area contributed by atoms with Crippen molar-refractivity contribution in [1.29, 1.82) is 0 Å². The molecule has 0 atom stereocenters. The highest BCUT2D eigenvalue weighted by Crippen LogP contribution is 2.39. The van der Waals surface area contributed by atoms with Crippen molar-refractivity contribution < 1.29 is 9.53 Å². The van der Waals surface area contributed by atoms with Crippen molar-refractivity contribution >= 4 is 11.6 Å². The Morgan fingerprint density at radius 2 is 2.10 bits per heavy atom. The van der Waals surface area contributed by atoms with E-state index in [9.17, 15) is 4.79 Å². The van der Waals surface area contributed by atoms with E-state index >= 15 is 0 Å². The summed E-state index contributed by atoms with van der Waals surface area (Å²) in [6, 6.07) is 7.91. The molecule has 0 unspecified atom stereocenters. The van der Waals surface area contributed by atoms with Crippen molar-refractivity contribution in [2.24, 2.45) is 5.41 Å². The molecular weight excluding hydrogens is 264 g/mol. The number of hydrogen-bond acceptors (Lipinski definition) is 3. The van der Waals surface area contributed by atoms with Crippen LogP contribution in [0.1, 0.15) is 32.6 Å². The molecule has 0 saturated carbocycles. The van der Waals surface area contributed by atoms with Gasteiger partial charge in [0.1, 0.15) is 5.75 Å².